The topological polar surface area (TPSA) is 21.3 Å². The molecule has 0 heterocycles. The van der Waals surface area contributed by atoms with Gasteiger partial charge < -0.3 is 10.1 Å². The van der Waals surface area contributed by atoms with Gasteiger partial charge in [0.15, 0.2) is 0 Å². The summed E-state index contributed by atoms with van der Waals surface area (Å²) in [6.45, 7) is 4.92. The molecule has 0 bridgehead atoms. The first-order valence-corrected chi connectivity index (χ1v) is 6.11. The summed E-state index contributed by atoms with van der Waals surface area (Å²) in [6.07, 6.45) is -3.04. The first kappa shape index (κ1) is 15.6. The summed E-state index contributed by atoms with van der Waals surface area (Å²) in [6, 6.07) is 7.43. The molecule has 106 valence electrons. The molecule has 0 fully saturated rings. The van der Waals surface area contributed by atoms with Gasteiger partial charge >= 0.3 is 6.18 Å². The van der Waals surface area contributed by atoms with Crippen molar-refractivity contribution >= 4 is 0 Å². The lowest BCUT2D eigenvalue weighted by Gasteiger charge is -2.08. The largest absolute Gasteiger partial charge is 0.490 e. The molecule has 2 nitrogen and oxygen atoms in total. The number of rotatable bonds is 8. The molecule has 1 aromatic rings. The van der Waals surface area contributed by atoms with Gasteiger partial charge in [0.1, 0.15) is 12.4 Å². The van der Waals surface area contributed by atoms with Gasteiger partial charge in [0.2, 0.25) is 0 Å². The average Bonchev–Trinajstić information content (AvgIpc) is 2.36. The van der Waals surface area contributed by atoms with Crippen LogP contribution in [0, 0.1) is 0 Å². The van der Waals surface area contributed by atoms with Crippen molar-refractivity contribution in [2.75, 3.05) is 13.2 Å². The molecule has 19 heavy (non-hydrogen) atoms. The summed E-state index contributed by atoms with van der Waals surface area (Å²) in [5.74, 6) is 0.751. The van der Waals surface area contributed by atoms with Gasteiger partial charge in [-0.05, 0) is 30.7 Å². The van der Waals surface area contributed by atoms with Crippen LogP contribution >= 0.6 is 0 Å². The smallest absolute Gasteiger partial charge is 0.389 e. The second-order valence-electron chi connectivity index (χ2n) is 4.14. The predicted molar refractivity (Wildman–Crippen MR) is 69.1 cm³/mol. The van der Waals surface area contributed by atoms with E-state index in [2.05, 4.69) is 11.9 Å². The summed E-state index contributed by atoms with van der Waals surface area (Å²) in [7, 11) is 0. The van der Waals surface area contributed by atoms with Crippen molar-refractivity contribution in [1.82, 2.24) is 5.32 Å². The highest BCUT2D eigenvalue weighted by atomic mass is 19.4. The molecule has 0 aliphatic heterocycles. The second kappa shape index (κ2) is 7.84. The van der Waals surface area contributed by atoms with E-state index in [0.29, 0.717) is 19.7 Å². The van der Waals surface area contributed by atoms with Crippen LogP contribution in [0.15, 0.2) is 36.9 Å². The van der Waals surface area contributed by atoms with Crippen molar-refractivity contribution in [1.29, 1.82) is 0 Å². The van der Waals surface area contributed by atoms with Crippen LogP contribution < -0.4 is 10.1 Å². The number of alkyl halides is 3. The first-order valence-electron chi connectivity index (χ1n) is 6.11. The Morgan fingerprint density at radius 2 is 1.89 bits per heavy atom. The summed E-state index contributed by atoms with van der Waals surface area (Å²) >= 11 is 0. The van der Waals surface area contributed by atoms with Crippen LogP contribution in [-0.4, -0.2) is 19.3 Å². The minimum atomic E-state index is -4.06. The summed E-state index contributed by atoms with van der Waals surface area (Å²) in [5, 5.41) is 2.98. The third-order valence-corrected chi connectivity index (χ3v) is 2.43. The van der Waals surface area contributed by atoms with Gasteiger partial charge in [-0.3, -0.25) is 0 Å². The SMILES string of the molecule is C=CCOc1ccc(CNCCCC(F)(F)F)cc1. The molecule has 0 aliphatic rings. The van der Waals surface area contributed by atoms with Crippen LogP contribution in [0.4, 0.5) is 13.2 Å². The molecule has 0 radical (unpaired) electrons. The molecule has 0 saturated carbocycles. The standard InChI is InChI=1S/C14H18F3NO/c1-2-10-19-13-6-4-12(5-7-13)11-18-9-3-8-14(15,16)17/h2,4-7,18H,1,3,8-11H2. The van der Waals surface area contributed by atoms with Crippen molar-refractivity contribution in [2.24, 2.45) is 0 Å². The zero-order valence-electron chi connectivity index (χ0n) is 10.7. The number of ether oxygens (including phenoxy) is 1. The molecule has 1 aromatic carbocycles. The fourth-order valence-corrected chi connectivity index (χ4v) is 1.51. The van der Waals surface area contributed by atoms with Gasteiger partial charge in [-0.15, -0.1) is 0 Å². The fraction of sp³-hybridized carbons (Fsp3) is 0.429. The Bertz CT molecular complexity index is 373. The minimum absolute atomic E-state index is 0.101. The van der Waals surface area contributed by atoms with Crippen molar-refractivity contribution in [3.8, 4) is 5.75 Å². The number of hydrogen-bond donors (Lipinski definition) is 1. The van der Waals surface area contributed by atoms with Crippen molar-refractivity contribution in [3.05, 3.63) is 42.5 Å². The van der Waals surface area contributed by atoms with E-state index in [1.165, 1.54) is 0 Å². The zero-order valence-corrected chi connectivity index (χ0v) is 10.7. The molecule has 1 N–H and O–H groups in total. The van der Waals surface area contributed by atoms with Gasteiger partial charge in [0, 0.05) is 13.0 Å². The fourth-order valence-electron chi connectivity index (χ4n) is 1.51. The molecule has 1 rings (SSSR count). The Hall–Kier alpha value is -1.49. The van der Waals surface area contributed by atoms with Crippen LogP contribution in [-0.2, 0) is 6.54 Å². The molecule has 0 amide bonds. The highest BCUT2D eigenvalue weighted by Crippen LogP contribution is 2.20. The number of nitrogens with one attached hydrogen (secondary N) is 1. The molecule has 0 saturated heterocycles. The molecule has 0 aromatic heterocycles. The second-order valence-corrected chi connectivity index (χ2v) is 4.14. The van der Waals surface area contributed by atoms with Gasteiger partial charge in [-0.2, -0.15) is 13.2 Å². The molecule has 5 heteroatoms. The van der Waals surface area contributed by atoms with Crippen LogP contribution in [0.25, 0.3) is 0 Å². The first-order chi connectivity index (χ1) is 9.01. The van der Waals surface area contributed by atoms with Crippen molar-refractivity contribution in [3.63, 3.8) is 0 Å². The highest BCUT2D eigenvalue weighted by Gasteiger charge is 2.25. The van der Waals surface area contributed by atoms with E-state index in [0.717, 1.165) is 11.3 Å². The maximum absolute atomic E-state index is 11.9. The van der Waals surface area contributed by atoms with E-state index in [1.807, 2.05) is 24.3 Å². The highest BCUT2D eigenvalue weighted by molar-refractivity contribution is 5.27. The van der Waals surface area contributed by atoms with Crippen molar-refractivity contribution in [2.45, 2.75) is 25.6 Å². The van der Waals surface area contributed by atoms with Crippen LogP contribution in [0.1, 0.15) is 18.4 Å². The van der Waals surface area contributed by atoms with Gasteiger partial charge in [-0.25, -0.2) is 0 Å². The lowest BCUT2D eigenvalue weighted by Crippen LogP contribution is -2.17. The van der Waals surface area contributed by atoms with Gasteiger partial charge in [0.25, 0.3) is 0 Å². The van der Waals surface area contributed by atoms with Crippen molar-refractivity contribution < 1.29 is 17.9 Å². The average molecular weight is 273 g/mol. The Balaban J connectivity index is 2.21. The van der Waals surface area contributed by atoms with Crippen LogP contribution in [0.2, 0.25) is 0 Å². The molecule has 0 aliphatic carbocycles. The Labute approximate surface area is 111 Å². The van der Waals surface area contributed by atoms with E-state index < -0.39 is 12.6 Å². The predicted octanol–water partition coefficient (Wildman–Crippen LogP) is 3.68. The normalized spacial score (nSPS) is 11.3. The number of benzene rings is 1. The minimum Gasteiger partial charge on any atom is -0.490 e. The molecule has 0 spiro atoms. The molecule has 0 unspecified atom stereocenters. The van der Waals surface area contributed by atoms with E-state index in [-0.39, 0.29) is 6.42 Å². The monoisotopic (exact) mass is 273 g/mol. The Kier molecular flexibility index (Phi) is 6.42. The Morgan fingerprint density at radius 3 is 2.47 bits per heavy atom. The molecular formula is C14H18F3NO. The maximum atomic E-state index is 11.9. The zero-order chi connectivity index (χ0) is 14.1. The van der Waals surface area contributed by atoms with E-state index >= 15 is 0 Å². The summed E-state index contributed by atoms with van der Waals surface area (Å²) in [5.41, 5.74) is 1.01. The maximum Gasteiger partial charge on any atom is 0.389 e. The molecular weight excluding hydrogens is 255 g/mol. The van der Waals surface area contributed by atoms with Crippen LogP contribution in [0.5, 0.6) is 5.75 Å². The lowest BCUT2D eigenvalue weighted by molar-refractivity contribution is -0.135. The van der Waals surface area contributed by atoms with Crippen LogP contribution in [0.3, 0.4) is 0 Å². The number of halogens is 3. The van der Waals surface area contributed by atoms with Gasteiger partial charge in [0.05, 0.1) is 0 Å². The quantitative estimate of drug-likeness (QED) is 0.576. The molecule has 0 atom stereocenters. The third kappa shape index (κ3) is 7.51. The Morgan fingerprint density at radius 1 is 1.21 bits per heavy atom. The lowest BCUT2D eigenvalue weighted by atomic mass is 10.2. The van der Waals surface area contributed by atoms with E-state index in [9.17, 15) is 13.2 Å². The van der Waals surface area contributed by atoms with E-state index in [4.69, 9.17) is 4.74 Å². The number of hydrogen-bond acceptors (Lipinski definition) is 2. The summed E-state index contributed by atoms with van der Waals surface area (Å²) < 4.78 is 41.0. The third-order valence-electron chi connectivity index (χ3n) is 2.43. The van der Waals surface area contributed by atoms with E-state index in [1.54, 1.807) is 6.08 Å². The van der Waals surface area contributed by atoms with Gasteiger partial charge in [-0.1, -0.05) is 24.8 Å². The summed E-state index contributed by atoms with van der Waals surface area (Å²) in [4.78, 5) is 0.